The first-order chi connectivity index (χ1) is 9.25. The Hall–Kier alpha value is -0.870. The second-order valence-corrected chi connectivity index (χ2v) is 5.81. The maximum Gasteiger partial charge on any atom is 0.251 e. The zero-order valence-electron chi connectivity index (χ0n) is 11.0. The van der Waals surface area contributed by atoms with Crippen molar-refractivity contribution >= 4 is 21.8 Å². The monoisotopic (exact) mass is 325 g/mol. The van der Waals surface area contributed by atoms with Crippen molar-refractivity contribution in [2.45, 2.75) is 38.2 Å². The number of hydrogen-bond acceptors (Lipinski definition) is 2. The number of benzene rings is 1. The third kappa shape index (κ3) is 4.96. The van der Waals surface area contributed by atoms with Gasteiger partial charge in [0.15, 0.2) is 0 Å². The van der Waals surface area contributed by atoms with E-state index >= 15 is 0 Å². The predicted octanol–water partition coefficient (Wildman–Crippen LogP) is 3.53. The first-order valence-electron chi connectivity index (χ1n) is 6.91. The molecule has 1 aromatic carbocycles. The van der Waals surface area contributed by atoms with Gasteiger partial charge in [-0.2, -0.15) is 0 Å². The Morgan fingerprint density at radius 3 is 2.58 bits per heavy atom. The molecule has 4 heteroatoms. The van der Waals surface area contributed by atoms with Crippen LogP contribution >= 0.6 is 15.9 Å². The van der Waals surface area contributed by atoms with Crippen molar-refractivity contribution in [1.29, 1.82) is 0 Å². The lowest BCUT2D eigenvalue weighted by Crippen LogP contribution is -2.29. The molecule has 104 valence electrons. The second kappa shape index (κ2) is 7.65. The van der Waals surface area contributed by atoms with Gasteiger partial charge in [0.1, 0.15) is 0 Å². The molecule has 1 aliphatic rings. The molecule has 0 bridgehead atoms. The van der Waals surface area contributed by atoms with E-state index in [9.17, 15) is 4.79 Å². The van der Waals surface area contributed by atoms with Crippen molar-refractivity contribution in [3.05, 3.63) is 34.3 Å². The minimum atomic E-state index is -0.0419. The normalized spacial score (nSPS) is 16.3. The van der Waals surface area contributed by atoms with Gasteiger partial charge in [-0.3, -0.25) is 4.79 Å². The fraction of sp³-hybridized carbons (Fsp3) is 0.533. The van der Waals surface area contributed by atoms with E-state index in [1.165, 1.54) is 32.1 Å². The van der Waals surface area contributed by atoms with Gasteiger partial charge >= 0.3 is 0 Å². The van der Waals surface area contributed by atoms with Gasteiger partial charge in [0.2, 0.25) is 0 Å². The number of carbonyl (C=O) groups excluding carboxylic acids is 1. The van der Waals surface area contributed by atoms with Gasteiger partial charge in [-0.05, 0) is 37.1 Å². The molecule has 1 amide bonds. The maximum absolute atomic E-state index is 11.8. The number of carbonyl (C=O) groups is 1. The molecule has 1 aromatic rings. The summed E-state index contributed by atoms with van der Waals surface area (Å²) in [7, 11) is 0. The topological polar surface area (TPSA) is 38.3 Å². The quantitative estimate of drug-likeness (QED) is 0.841. The van der Waals surface area contributed by atoms with Gasteiger partial charge in [0.05, 0.1) is 12.7 Å². The van der Waals surface area contributed by atoms with Gasteiger partial charge in [0, 0.05) is 16.6 Å². The van der Waals surface area contributed by atoms with Crippen LogP contribution in [0.2, 0.25) is 0 Å². The minimum Gasteiger partial charge on any atom is -0.376 e. The van der Waals surface area contributed by atoms with Crippen LogP contribution in [0.15, 0.2) is 28.7 Å². The Balaban J connectivity index is 1.64. The molecule has 1 N–H and O–H groups in total. The molecule has 1 saturated carbocycles. The van der Waals surface area contributed by atoms with Crippen LogP contribution in [0.25, 0.3) is 0 Å². The summed E-state index contributed by atoms with van der Waals surface area (Å²) >= 11 is 3.35. The summed E-state index contributed by atoms with van der Waals surface area (Å²) in [6.07, 6.45) is 6.62. The van der Waals surface area contributed by atoms with E-state index in [4.69, 9.17) is 4.74 Å². The Bertz CT molecular complexity index is 399. The van der Waals surface area contributed by atoms with Gasteiger partial charge in [-0.1, -0.05) is 35.2 Å². The molecule has 0 heterocycles. The average molecular weight is 326 g/mol. The second-order valence-electron chi connectivity index (χ2n) is 4.89. The molecule has 0 unspecified atom stereocenters. The highest BCUT2D eigenvalue weighted by molar-refractivity contribution is 9.10. The van der Waals surface area contributed by atoms with Crippen molar-refractivity contribution in [3.8, 4) is 0 Å². The van der Waals surface area contributed by atoms with Crippen LogP contribution in [0.3, 0.4) is 0 Å². The van der Waals surface area contributed by atoms with Gasteiger partial charge < -0.3 is 10.1 Å². The van der Waals surface area contributed by atoms with Gasteiger partial charge in [-0.15, -0.1) is 0 Å². The highest BCUT2D eigenvalue weighted by atomic mass is 79.9. The maximum atomic E-state index is 11.8. The molecule has 0 spiro atoms. The van der Waals surface area contributed by atoms with E-state index in [0.29, 0.717) is 24.8 Å². The Labute approximate surface area is 122 Å². The van der Waals surface area contributed by atoms with Crippen molar-refractivity contribution < 1.29 is 9.53 Å². The smallest absolute Gasteiger partial charge is 0.251 e. The van der Waals surface area contributed by atoms with E-state index in [2.05, 4.69) is 21.2 Å². The minimum absolute atomic E-state index is 0.0419. The third-order valence-corrected chi connectivity index (χ3v) is 3.93. The van der Waals surface area contributed by atoms with Crippen LogP contribution in [0, 0.1) is 0 Å². The van der Waals surface area contributed by atoms with Crippen LogP contribution in [0.4, 0.5) is 0 Å². The number of rotatable bonds is 5. The van der Waals surface area contributed by atoms with Crippen LogP contribution in [-0.4, -0.2) is 25.2 Å². The summed E-state index contributed by atoms with van der Waals surface area (Å²) < 4.78 is 6.74. The Morgan fingerprint density at radius 2 is 1.89 bits per heavy atom. The fourth-order valence-corrected chi connectivity index (χ4v) is 2.59. The van der Waals surface area contributed by atoms with Crippen molar-refractivity contribution in [2.75, 3.05) is 13.2 Å². The molecule has 0 saturated heterocycles. The van der Waals surface area contributed by atoms with Crippen molar-refractivity contribution in [2.24, 2.45) is 0 Å². The summed E-state index contributed by atoms with van der Waals surface area (Å²) in [6.45, 7) is 1.18. The molecule has 0 aromatic heterocycles. The number of hydrogen-bond donors (Lipinski definition) is 1. The fourth-order valence-electron chi connectivity index (χ4n) is 2.33. The molecule has 19 heavy (non-hydrogen) atoms. The zero-order valence-corrected chi connectivity index (χ0v) is 12.6. The van der Waals surface area contributed by atoms with Crippen LogP contribution < -0.4 is 5.32 Å². The molecule has 1 fully saturated rings. The summed E-state index contributed by atoms with van der Waals surface area (Å²) in [5.74, 6) is -0.0419. The molecule has 0 radical (unpaired) electrons. The number of ether oxygens (including phenoxy) is 1. The first kappa shape index (κ1) is 14.5. The Kier molecular flexibility index (Phi) is 5.86. The van der Waals surface area contributed by atoms with Crippen LogP contribution in [0.1, 0.15) is 42.5 Å². The molecular formula is C15H20BrNO2. The molecule has 1 aliphatic carbocycles. The van der Waals surface area contributed by atoms with E-state index in [-0.39, 0.29) is 5.91 Å². The average Bonchev–Trinajstić information content (AvgIpc) is 2.45. The molecule has 0 aliphatic heterocycles. The summed E-state index contributed by atoms with van der Waals surface area (Å²) in [5.41, 5.74) is 0.681. The molecular weight excluding hydrogens is 306 g/mol. The van der Waals surface area contributed by atoms with Gasteiger partial charge in [0.25, 0.3) is 5.91 Å². The summed E-state index contributed by atoms with van der Waals surface area (Å²) in [5, 5.41) is 2.88. The van der Waals surface area contributed by atoms with E-state index in [1.54, 1.807) is 12.1 Å². The number of halogens is 1. The van der Waals surface area contributed by atoms with Gasteiger partial charge in [-0.25, -0.2) is 0 Å². The highest BCUT2D eigenvalue weighted by Crippen LogP contribution is 2.19. The lowest BCUT2D eigenvalue weighted by molar-refractivity contribution is 0.0299. The van der Waals surface area contributed by atoms with Crippen LogP contribution in [-0.2, 0) is 4.74 Å². The SMILES string of the molecule is O=C(NCCOC1CCCCC1)c1ccc(Br)cc1. The predicted molar refractivity (Wildman–Crippen MR) is 79.3 cm³/mol. The number of nitrogens with one attached hydrogen (secondary N) is 1. The van der Waals surface area contributed by atoms with E-state index < -0.39 is 0 Å². The molecule has 2 rings (SSSR count). The lowest BCUT2D eigenvalue weighted by atomic mass is 9.98. The van der Waals surface area contributed by atoms with Crippen molar-refractivity contribution in [3.63, 3.8) is 0 Å². The largest absolute Gasteiger partial charge is 0.376 e. The standard InChI is InChI=1S/C15H20BrNO2/c16-13-8-6-12(7-9-13)15(18)17-10-11-19-14-4-2-1-3-5-14/h6-9,14H,1-5,10-11H2,(H,17,18). The van der Waals surface area contributed by atoms with Crippen LogP contribution in [0.5, 0.6) is 0 Å². The van der Waals surface area contributed by atoms with E-state index in [0.717, 1.165) is 4.47 Å². The Morgan fingerprint density at radius 1 is 1.21 bits per heavy atom. The lowest BCUT2D eigenvalue weighted by Gasteiger charge is -2.21. The third-order valence-electron chi connectivity index (χ3n) is 3.40. The molecule has 0 atom stereocenters. The molecule has 3 nitrogen and oxygen atoms in total. The summed E-state index contributed by atoms with van der Waals surface area (Å²) in [6, 6.07) is 7.35. The summed E-state index contributed by atoms with van der Waals surface area (Å²) in [4.78, 5) is 11.8. The van der Waals surface area contributed by atoms with E-state index in [1.807, 2.05) is 12.1 Å². The first-order valence-corrected chi connectivity index (χ1v) is 7.70. The zero-order chi connectivity index (χ0) is 13.5. The van der Waals surface area contributed by atoms with Crippen molar-refractivity contribution in [1.82, 2.24) is 5.32 Å². The highest BCUT2D eigenvalue weighted by Gasteiger charge is 2.13. The number of amides is 1.